The Hall–Kier alpha value is -0.610. The summed E-state index contributed by atoms with van der Waals surface area (Å²) in [6, 6.07) is 2.41. The second kappa shape index (κ2) is 3.87. The van der Waals surface area contributed by atoms with Gasteiger partial charge in [-0.05, 0) is 40.9 Å². The first-order valence-corrected chi connectivity index (χ1v) is 5.59. The molecule has 14 heavy (non-hydrogen) atoms. The van der Waals surface area contributed by atoms with E-state index in [1.54, 1.807) is 0 Å². The number of halogens is 1. The number of aromatic nitrogens is 1. The Balaban J connectivity index is 2.20. The van der Waals surface area contributed by atoms with Crippen LogP contribution in [-0.4, -0.2) is 24.1 Å². The quantitative estimate of drug-likeness (QED) is 0.831. The Morgan fingerprint density at radius 2 is 2.43 bits per heavy atom. The molecule has 0 bridgehead atoms. The number of nitrogens with zero attached hydrogens (tertiary/aromatic N) is 2. The van der Waals surface area contributed by atoms with Gasteiger partial charge in [-0.1, -0.05) is 0 Å². The fourth-order valence-corrected chi connectivity index (χ4v) is 1.91. The number of nitrogens with two attached hydrogens (primary N) is 1. The minimum Gasteiger partial charge on any atom is -0.355 e. The number of hydrogen-bond donors (Lipinski definition) is 1. The van der Waals surface area contributed by atoms with Crippen LogP contribution in [-0.2, 0) is 0 Å². The van der Waals surface area contributed by atoms with Crippen LogP contribution in [0.3, 0.4) is 0 Å². The normalized spacial score (nSPS) is 21.6. The lowest BCUT2D eigenvalue weighted by molar-refractivity contribution is 0.751. The van der Waals surface area contributed by atoms with E-state index in [0.29, 0.717) is 6.04 Å². The van der Waals surface area contributed by atoms with Gasteiger partial charge in [0.05, 0.1) is 0 Å². The van der Waals surface area contributed by atoms with Crippen molar-refractivity contribution in [3.05, 3.63) is 22.3 Å². The lowest BCUT2D eigenvalue weighted by atomic mass is 10.3. The summed E-state index contributed by atoms with van der Waals surface area (Å²) >= 11 is 3.44. The molecular formula is C10H14BrN3. The molecule has 1 aromatic rings. The van der Waals surface area contributed by atoms with Crippen molar-refractivity contribution in [3.63, 3.8) is 0 Å². The zero-order valence-corrected chi connectivity index (χ0v) is 9.79. The predicted octanol–water partition coefficient (Wildman–Crippen LogP) is 1.69. The van der Waals surface area contributed by atoms with Crippen LogP contribution >= 0.6 is 15.9 Å². The molecule has 4 heteroatoms. The molecule has 0 aliphatic carbocycles. The van der Waals surface area contributed by atoms with E-state index in [0.717, 1.165) is 29.8 Å². The third-order valence-corrected chi connectivity index (χ3v) is 3.41. The van der Waals surface area contributed by atoms with Crippen LogP contribution in [0.25, 0.3) is 0 Å². The highest BCUT2D eigenvalue weighted by Gasteiger charge is 2.20. The van der Waals surface area contributed by atoms with Gasteiger partial charge in [0.2, 0.25) is 0 Å². The van der Waals surface area contributed by atoms with E-state index in [-0.39, 0.29) is 0 Å². The molecule has 1 fully saturated rings. The van der Waals surface area contributed by atoms with E-state index in [9.17, 15) is 0 Å². The van der Waals surface area contributed by atoms with Crippen LogP contribution in [0.15, 0.2) is 16.7 Å². The van der Waals surface area contributed by atoms with Crippen molar-refractivity contribution >= 4 is 21.7 Å². The molecule has 2 N–H and O–H groups in total. The maximum absolute atomic E-state index is 5.85. The summed E-state index contributed by atoms with van der Waals surface area (Å²) in [5.41, 5.74) is 7.07. The third-order valence-electron chi connectivity index (χ3n) is 2.58. The van der Waals surface area contributed by atoms with Crippen LogP contribution in [0.1, 0.15) is 12.0 Å². The minimum absolute atomic E-state index is 0.306. The summed E-state index contributed by atoms with van der Waals surface area (Å²) in [7, 11) is 0. The number of rotatable bonds is 1. The van der Waals surface area contributed by atoms with Crippen molar-refractivity contribution in [3.8, 4) is 0 Å². The minimum atomic E-state index is 0.306. The van der Waals surface area contributed by atoms with Gasteiger partial charge in [0.25, 0.3) is 0 Å². The molecule has 2 rings (SSSR count). The zero-order valence-electron chi connectivity index (χ0n) is 8.20. The summed E-state index contributed by atoms with van der Waals surface area (Å²) in [5.74, 6) is 1.04. The average molecular weight is 256 g/mol. The van der Waals surface area contributed by atoms with Gasteiger partial charge in [-0.15, -0.1) is 0 Å². The van der Waals surface area contributed by atoms with Crippen LogP contribution in [0.5, 0.6) is 0 Å². The predicted molar refractivity (Wildman–Crippen MR) is 61.5 cm³/mol. The van der Waals surface area contributed by atoms with Crippen LogP contribution in [0.4, 0.5) is 5.82 Å². The molecule has 1 saturated heterocycles. The fraction of sp³-hybridized carbons (Fsp3) is 0.500. The van der Waals surface area contributed by atoms with Crippen molar-refractivity contribution in [2.24, 2.45) is 5.73 Å². The highest BCUT2D eigenvalue weighted by atomic mass is 79.9. The molecule has 2 heterocycles. The third kappa shape index (κ3) is 1.91. The van der Waals surface area contributed by atoms with Crippen LogP contribution in [0, 0.1) is 6.92 Å². The smallest absolute Gasteiger partial charge is 0.128 e. The van der Waals surface area contributed by atoms with E-state index in [1.165, 1.54) is 5.56 Å². The van der Waals surface area contributed by atoms with Crippen molar-refractivity contribution < 1.29 is 0 Å². The van der Waals surface area contributed by atoms with Gasteiger partial charge in [0.15, 0.2) is 0 Å². The number of aryl methyl sites for hydroxylation is 1. The van der Waals surface area contributed by atoms with Gasteiger partial charge in [0, 0.05) is 29.8 Å². The Kier molecular flexibility index (Phi) is 2.74. The lowest BCUT2D eigenvalue weighted by Gasteiger charge is -2.17. The molecule has 0 saturated carbocycles. The second-order valence-corrected chi connectivity index (χ2v) is 4.64. The molecule has 1 aliphatic heterocycles. The monoisotopic (exact) mass is 255 g/mol. The first kappa shape index (κ1) is 9.93. The Morgan fingerprint density at radius 3 is 3.00 bits per heavy atom. The SMILES string of the molecule is Cc1cc(N2CCC(N)C2)ncc1Br. The standard InChI is InChI=1S/C10H14BrN3/c1-7-4-10(13-5-9(7)11)14-3-2-8(12)6-14/h4-5,8H,2-3,6,12H2,1H3. The molecule has 0 spiro atoms. The van der Waals surface area contributed by atoms with Crippen LogP contribution < -0.4 is 10.6 Å². The first-order valence-electron chi connectivity index (χ1n) is 4.79. The molecule has 0 radical (unpaired) electrons. The molecule has 0 amide bonds. The van der Waals surface area contributed by atoms with Gasteiger partial charge >= 0.3 is 0 Å². The highest BCUT2D eigenvalue weighted by molar-refractivity contribution is 9.10. The largest absolute Gasteiger partial charge is 0.355 e. The van der Waals surface area contributed by atoms with Gasteiger partial charge < -0.3 is 10.6 Å². The molecule has 0 aromatic carbocycles. The van der Waals surface area contributed by atoms with Crippen molar-refractivity contribution in [2.75, 3.05) is 18.0 Å². The summed E-state index contributed by atoms with van der Waals surface area (Å²) < 4.78 is 1.06. The second-order valence-electron chi connectivity index (χ2n) is 3.79. The van der Waals surface area contributed by atoms with Gasteiger partial charge in [-0.2, -0.15) is 0 Å². The summed E-state index contributed by atoms with van der Waals surface area (Å²) in [5, 5.41) is 0. The maximum Gasteiger partial charge on any atom is 0.128 e. The summed E-state index contributed by atoms with van der Waals surface area (Å²) in [4.78, 5) is 6.62. The number of hydrogen-bond acceptors (Lipinski definition) is 3. The number of pyridine rings is 1. The van der Waals surface area contributed by atoms with Gasteiger partial charge in [0.1, 0.15) is 5.82 Å². The van der Waals surface area contributed by atoms with Crippen LogP contribution in [0.2, 0.25) is 0 Å². The van der Waals surface area contributed by atoms with E-state index < -0.39 is 0 Å². The van der Waals surface area contributed by atoms with E-state index >= 15 is 0 Å². The number of anilines is 1. The van der Waals surface area contributed by atoms with Gasteiger partial charge in [-0.3, -0.25) is 0 Å². The molecule has 3 nitrogen and oxygen atoms in total. The first-order chi connectivity index (χ1) is 6.66. The van der Waals surface area contributed by atoms with Gasteiger partial charge in [-0.25, -0.2) is 4.98 Å². The molecule has 1 unspecified atom stereocenters. The summed E-state index contributed by atoms with van der Waals surface area (Å²) in [6.45, 7) is 4.02. The Morgan fingerprint density at radius 1 is 1.64 bits per heavy atom. The average Bonchev–Trinajstić information content (AvgIpc) is 2.57. The Labute approximate surface area is 92.4 Å². The van der Waals surface area contributed by atoms with Crippen molar-refractivity contribution in [2.45, 2.75) is 19.4 Å². The molecular weight excluding hydrogens is 242 g/mol. The van der Waals surface area contributed by atoms with Crippen molar-refractivity contribution in [1.29, 1.82) is 0 Å². The molecule has 1 aromatic heterocycles. The lowest BCUT2D eigenvalue weighted by Crippen LogP contribution is -2.26. The molecule has 76 valence electrons. The fourth-order valence-electron chi connectivity index (χ4n) is 1.69. The maximum atomic E-state index is 5.85. The molecule has 1 atom stereocenters. The zero-order chi connectivity index (χ0) is 10.1. The molecule has 1 aliphatic rings. The Bertz CT molecular complexity index is 340. The summed E-state index contributed by atoms with van der Waals surface area (Å²) in [6.07, 6.45) is 2.92. The topological polar surface area (TPSA) is 42.1 Å². The van der Waals surface area contributed by atoms with E-state index in [1.807, 2.05) is 6.20 Å². The van der Waals surface area contributed by atoms with E-state index in [4.69, 9.17) is 5.73 Å². The van der Waals surface area contributed by atoms with Crippen molar-refractivity contribution in [1.82, 2.24) is 4.98 Å². The highest BCUT2D eigenvalue weighted by Crippen LogP contribution is 2.22. The van der Waals surface area contributed by atoms with E-state index in [2.05, 4.69) is 38.8 Å².